The molecule has 0 aromatic carbocycles. The summed E-state index contributed by atoms with van der Waals surface area (Å²) in [6.45, 7) is 3.92. The molecule has 0 heterocycles. The summed E-state index contributed by atoms with van der Waals surface area (Å²) in [5.41, 5.74) is 0. The van der Waals surface area contributed by atoms with Crippen LogP contribution in [-0.2, 0) is 4.79 Å². The molecule has 0 aliphatic heterocycles. The minimum Gasteiger partial charge on any atom is -0.303 e. The van der Waals surface area contributed by atoms with Gasteiger partial charge in [0.05, 0.1) is 0 Å². The van der Waals surface area contributed by atoms with E-state index >= 15 is 0 Å². The third-order valence-electron chi connectivity index (χ3n) is 5.14. The first kappa shape index (κ1) is 12.9. The summed E-state index contributed by atoms with van der Waals surface area (Å²) in [5, 5.41) is 0. The zero-order valence-corrected chi connectivity index (χ0v) is 10.9. The lowest BCUT2D eigenvalue weighted by molar-refractivity contribution is -0.108. The van der Waals surface area contributed by atoms with E-state index in [9.17, 15) is 4.79 Å². The molecule has 0 saturated heterocycles. The van der Waals surface area contributed by atoms with Crippen molar-refractivity contribution < 1.29 is 4.79 Å². The highest BCUT2D eigenvalue weighted by atomic mass is 16.1. The van der Waals surface area contributed by atoms with Gasteiger partial charge in [0, 0.05) is 6.42 Å². The maximum absolute atomic E-state index is 10.5. The Morgan fingerprint density at radius 2 is 1.41 bits per heavy atom. The summed E-state index contributed by atoms with van der Waals surface area (Å²) in [7, 11) is 0. The van der Waals surface area contributed by atoms with Crippen LogP contribution in [0.25, 0.3) is 0 Å². The number of aldehydes is 1. The zero-order valence-electron chi connectivity index (χ0n) is 10.9. The zero-order chi connectivity index (χ0) is 12.1. The lowest BCUT2D eigenvalue weighted by Gasteiger charge is -2.37. The van der Waals surface area contributed by atoms with Gasteiger partial charge in [0.15, 0.2) is 0 Å². The molecule has 0 unspecified atom stereocenters. The quantitative estimate of drug-likeness (QED) is 0.521. The SMILES string of the molecule is C=CC1CCC(C2CCC(CC=O)CC2)CC1. The van der Waals surface area contributed by atoms with E-state index in [-0.39, 0.29) is 0 Å². The van der Waals surface area contributed by atoms with Crippen molar-refractivity contribution in [1.82, 2.24) is 0 Å². The summed E-state index contributed by atoms with van der Waals surface area (Å²) < 4.78 is 0. The van der Waals surface area contributed by atoms with Gasteiger partial charge >= 0.3 is 0 Å². The first-order valence-corrected chi connectivity index (χ1v) is 7.39. The van der Waals surface area contributed by atoms with E-state index in [2.05, 4.69) is 12.7 Å². The normalized spacial score (nSPS) is 38.6. The highest BCUT2D eigenvalue weighted by molar-refractivity contribution is 5.49. The molecule has 0 aromatic rings. The number of carbonyl (C=O) groups is 1. The molecule has 0 spiro atoms. The highest BCUT2D eigenvalue weighted by Gasteiger charge is 2.29. The van der Waals surface area contributed by atoms with Gasteiger partial charge in [0.2, 0.25) is 0 Å². The summed E-state index contributed by atoms with van der Waals surface area (Å²) in [5.74, 6) is 3.43. The van der Waals surface area contributed by atoms with Crippen molar-refractivity contribution in [3.8, 4) is 0 Å². The molecule has 0 N–H and O–H groups in total. The lowest BCUT2D eigenvalue weighted by Crippen LogP contribution is -2.25. The van der Waals surface area contributed by atoms with Crippen LogP contribution in [0.4, 0.5) is 0 Å². The monoisotopic (exact) mass is 234 g/mol. The number of hydrogen-bond acceptors (Lipinski definition) is 1. The van der Waals surface area contributed by atoms with E-state index in [4.69, 9.17) is 0 Å². The molecule has 2 rings (SSSR count). The van der Waals surface area contributed by atoms with Gasteiger partial charge in [-0.15, -0.1) is 6.58 Å². The van der Waals surface area contributed by atoms with Crippen LogP contribution in [0.3, 0.4) is 0 Å². The summed E-state index contributed by atoms with van der Waals surface area (Å²) in [4.78, 5) is 10.5. The Balaban J connectivity index is 1.74. The molecule has 2 aliphatic rings. The second-order valence-corrected chi connectivity index (χ2v) is 6.09. The topological polar surface area (TPSA) is 17.1 Å². The van der Waals surface area contributed by atoms with Gasteiger partial charge in [-0.05, 0) is 75.0 Å². The van der Waals surface area contributed by atoms with Gasteiger partial charge in [-0.1, -0.05) is 6.08 Å². The van der Waals surface area contributed by atoms with E-state index in [1.165, 1.54) is 51.4 Å². The van der Waals surface area contributed by atoms with E-state index in [0.29, 0.717) is 5.92 Å². The second-order valence-electron chi connectivity index (χ2n) is 6.09. The van der Waals surface area contributed by atoms with Gasteiger partial charge in [-0.25, -0.2) is 0 Å². The molecule has 2 saturated carbocycles. The van der Waals surface area contributed by atoms with Crippen LogP contribution in [0.2, 0.25) is 0 Å². The van der Waals surface area contributed by atoms with Crippen molar-refractivity contribution in [3.63, 3.8) is 0 Å². The fourth-order valence-electron chi connectivity index (χ4n) is 3.88. The number of allylic oxidation sites excluding steroid dienone is 1. The van der Waals surface area contributed by atoms with Crippen molar-refractivity contribution in [2.45, 2.75) is 57.8 Å². The highest BCUT2D eigenvalue weighted by Crippen LogP contribution is 2.41. The van der Waals surface area contributed by atoms with Gasteiger partial charge in [0.1, 0.15) is 6.29 Å². The Labute approximate surface area is 106 Å². The summed E-state index contributed by atoms with van der Waals surface area (Å²) >= 11 is 0. The summed E-state index contributed by atoms with van der Waals surface area (Å²) in [6.07, 6.45) is 15.0. The number of rotatable bonds is 4. The van der Waals surface area contributed by atoms with Crippen molar-refractivity contribution in [1.29, 1.82) is 0 Å². The first-order valence-electron chi connectivity index (χ1n) is 7.39. The molecule has 2 aliphatic carbocycles. The molecule has 0 amide bonds. The van der Waals surface area contributed by atoms with Gasteiger partial charge in [0.25, 0.3) is 0 Å². The van der Waals surface area contributed by atoms with Gasteiger partial charge < -0.3 is 4.79 Å². The third-order valence-corrected chi connectivity index (χ3v) is 5.14. The van der Waals surface area contributed by atoms with Crippen LogP contribution < -0.4 is 0 Å². The molecule has 96 valence electrons. The van der Waals surface area contributed by atoms with Crippen LogP contribution in [0.1, 0.15) is 57.8 Å². The third kappa shape index (κ3) is 3.43. The van der Waals surface area contributed by atoms with Gasteiger partial charge in [-0.3, -0.25) is 0 Å². The minimum absolute atomic E-state index is 0.702. The number of carbonyl (C=O) groups excluding carboxylic acids is 1. The Morgan fingerprint density at radius 3 is 1.88 bits per heavy atom. The minimum atomic E-state index is 0.702. The van der Waals surface area contributed by atoms with Crippen LogP contribution in [0.15, 0.2) is 12.7 Å². The Hall–Kier alpha value is -0.590. The number of hydrogen-bond donors (Lipinski definition) is 0. The summed E-state index contributed by atoms with van der Waals surface area (Å²) in [6, 6.07) is 0. The van der Waals surface area contributed by atoms with E-state index in [1.54, 1.807) is 0 Å². The maximum Gasteiger partial charge on any atom is 0.120 e. The first-order chi connectivity index (χ1) is 8.33. The van der Waals surface area contributed by atoms with Gasteiger partial charge in [-0.2, -0.15) is 0 Å². The van der Waals surface area contributed by atoms with Crippen molar-refractivity contribution in [3.05, 3.63) is 12.7 Å². The molecular weight excluding hydrogens is 208 g/mol. The predicted molar refractivity (Wildman–Crippen MR) is 71.8 cm³/mol. The largest absolute Gasteiger partial charge is 0.303 e. The molecule has 17 heavy (non-hydrogen) atoms. The fraction of sp³-hybridized carbons (Fsp3) is 0.812. The van der Waals surface area contributed by atoms with Crippen molar-refractivity contribution in [2.24, 2.45) is 23.7 Å². The van der Waals surface area contributed by atoms with Crippen LogP contribution in [-0.4, -0.2) is 6.29 Å². The second kappa shape index (κ2) is 6.37. The predicted octanol–water partition coefficient (Wildman–Crippen LogP) is 4.37. The molecule has 0 aromatic heterocycles. The van der Waals surface area contributed by atoms with Crippen molar-refractivity contribution >= 4 is 6.29 Å². The van der Waals surface area contributed by atoms with Crippen LogP contribution >= 0.6 is 0 Å². The Kier molecular flexibility index (Phi) is 4.82. The molecule has 0 bridgehead atoms. The smallest absolute Gasteiger partial charge is 0.120 e. The standard InChI is InChI=1S/C16H26O/c1-2-13-3-7-15(8-4-13)16-9-5-14(6-10-16)11-12-17/h2,12-16H,1,3-11H2. The molecule has 2 fully saturated rings. The van der Waals surface area contributed by atoms with E-state index < -0.39 is 0 Å². The Morgan fingerprint density at radius 1 is 0.882 bits per heavy atom. The van der Waals surface area contributed by atoms with E-state index in [0.717, 1.165) is 30.5 Å². The molecule has 0 atom stereocenters. The molecule has 0 radical (unpaired) electrons. The Bertz CT molecular complexity index is 242. The average Bonchev–Trinajstić information content (AvgIpc) is 2.40. The fourth-order valence-corrected chi connectivity index (χ4v) is 3.88. The van der Waals surface area contributed by atoms with Crippen LogP contribution in [0, 0.1) is 23.7 Å². The van der Waals surface area contributed by atoms with Crippen LogP contribution in [0.5, 0.6) is 0 Å². The van der Waals surface area contributed by atoms with E-state index in [1.807, 2.05) is 0 Å². The average molecular weight is 234 g/mol. The van der Waals surface area contributed by atoms with Crippen molar-refractivity contribution in [2.75, 3.05) is 0 Å². The lowest BCUT2D eigenvalue weighted by atomic mass is 9.69. The molecular formula is C16H26O. The molecule has 1 heteroatoms. The maximum atomic E-state index is 10.5. The molecule has 1 nitrogen and oxygen atoms in total.